The maximum Gasteiger partial charge on any atom is 0.229 e. The zero-order chi connectivity index (χ0) is 12.8. The van der Waals surface area contributed by atoms with Crippen molar-refractivity contribution in [2.75, 3.05) is 6.54 Å². The minimum absolute atomic E-state index is 0.631. The molecule has 3 rings (SSSR count). The van der Waals surface area contributed by atoms with Crippen molar-refractivity contribution in [3.63, 3.8) is 0 Å². The summed E-state index contributed by atoms with van der Waals surface area (Å²) in [6.07, 6.45) is 0.826. The van der Waals surface area contributed by atoms with Crippen molar-refractivity contribution >= 4 is 20.8 Å². The smallest absolute Gasteiger partial charge is 0.229 e. The first-order valence-electron chi connectivity index (χ1n) is 5.83. The highest BCUT2D eigenvalue weighted by molar-refractivity contribution is 7.89. The highest BCUT2D eigenvalue weighted by atomic mass is 32.2. The molecule has 2 aromatic rings. The third kappa shape index (κ3) is 1.80. The van der Waals surface area contributed by atoms with Crippen LogP contribution >= 0.6 is 0 Å². The summed E-state index contributed by atoms with van der Waals surface area (Å²) in [7, 11) is -3.64. The van der Waals surface area contributed by atoms with E-state index in [1.807, 2.05) is 36.4 Å². The molecule has 0 saturated carbocycles. The number of benzene rings is 2. The van der Waals surface area contributed by atoms with Gasteiger partial charge >= 0.3 is 0 Å². The molecule has 0 spiro atoms. The van der Waals surface area contributed by atoms with Gasteiger partial charge in [-0.2, -0.15) is 0 Å². The van der Waals surface area contributed by atoms with Crippen LogP contribution in [-0.2, 0) is 16.4 Å². The molecule has 0 amide bonds. The van der Waals surface area contributed by atoms with Crippen molar-refractivity contribution in [2.24, 2.45) is 5.14 Å². The molecule has 0 aliphatic carbocycles. The van der Waals surface area contributed by atoms with Gasteiger partial charge in [0.1, 0.15) is 0 Å². The van der Waals surface area contributed by atoms with Gasteiger partial charge in [-0.05, 0) is 28.3 Å². The van der Waals surface area contributed by atoms with Crippen LogP contribution in [0.5, 0.6) is 0 Å². The van der Waals surface area contributed by atoms with E-state index >= 15 is 0 Å². The van der Waals surface area contributed by atoms with Crippen molar-refractivity contribution in [1.82, 2.24) is 5.32 Å². The van der Waals surface area contributed by atoms with E-state index in [-0.39, 0.29) is 0 Å². The third-order valence-electron chi connectivity index (χ3n) is 3.38. The van der Waals surface area contributed by atoms with E-state index in [4.69, 9.17) is 5.14 Å². The summed E-state index contributed by atoms with van der Waals surface area (Å²) in [5.41, 5.74) is 1.87. The van der Waals surface area contributed by atoms with Gasteiger partial charge in [0.15, 0.2) is 5.37 Å². The van der Waals surface area contributed by atoms with E-state index in [0.717, 1.165) is 28.3 Å². The zero-order valence-corrected chi connectivity index (χ0v) is 10.6. The Morgan fingerprint density at radius 2 is 1.94 bits per heavy atom. The number of rotatable bonds is 1. The molecule has 1 atom stereocenters. The fourth-order valence-corrected chi connectivity index (χ4v) is 3.55. The van der Waals surface area contributed by atoms with Gasteiger partial charge in [0.05, 0.1) is 0 Å². The van der Waals surface area contributed by atoms with Crippen molar-refractivity contribution in [2.45, 2.75) is 11.8 Å². The molecule has 0 bridgehead atoms. The van der Waals surface area contributed by atoms with Crippen molar-refractivity contribution in [1.29, 1.82) is 0 Å². The van der Waals surface area contributed by atoms with Gasteiger partial charge in [-0.15, -0.1) is 0 Å². The summed E-state index contributed by atoms with van der Waals surface area (Å²) in [6.45, 7) is 0.631. The molecular formula is C13H14N2O2S. The van der Waals surface area contributed by atoms with Crippen LogP contribution in [0.1, 0.15) is 16.5 Å². The lowest BCUT2D eigenvalue weighted by molar-refractivity contribution is 0.545. The summed E-state index contributed by atoms with van der Waals surface area (Å²) < 4.78 is 23.4. The number of hydrogen-bond donors (Lipinski definition) is 2. The number of nitrogens with two attached hydrogens (primary N) is 1. The molecule has 1 unspecified atom stereocenters. The van der Waals surface area contributed by atoms with E-state index in [1.165, 1.54) is 0 Å². The number of fused-ring (bicyclic) bond motifs is 3. The summed E-state index contributed by atoms with van der Waals surface area (Å²) >= 11 is 0. The van der Waals surface area contributed by atoms with E-state index in [9.17, 15) is 8.42 Å². The first-order chi connectivity index (χ1) is 8.57. The quantitative estimate of drug-likeness (QED) is 0.813. The number of nitrogens with one attached hydrogen (secondary N) is 1. The summed E-state index contributed by atoms with van der Waals surface area (Å²) in [6, 6.07) is 11.8. The molecule has 0 radical (unpaired) electrons. The van der Waals surface area contributed by atoms with Crippen molar-refractivity contribution in [3.8, 4) is 0 Å². The summed E-state index contributed by atoms with van der Waals surface area (Å²) in [4.78, 5) is 0. The lowest BCUT2D eigenvalue weighted by Crippen LogP contribution is -2.38. The largest absolute Gasteiger partial charge is 0.296 e. The monoisotopic (exact) mass is 262 g/mol. The van der Waals surface area contributed by atoms with Crippen LogP contribution in [0.4, 0.5) is 0 Å². The predicted octanol–water partition coefficient (Wildman–Crippen LogP) is 1.27. The Bertz CT molecular complexity index is 710. The standard InChI is InChI=1S/C13H14N2O2S/c14-18(16,17)13-12-10(7-8-15-13)6-5-9-3-1-2-4-11(9)12/h1-6,13,15H,7-8H2,(H2,14,16,17). The average Bonchev–Trinajstić information content (AvgIpc) is 2.36. The molecule has 0 aromatic heterocycles. The van der Waals surface area contributed by atoms with Gasteiger partial charge in [-0.25, -0.2) is 13.6 Å². The Kier molecular flexibility index (Phi) is 2.62. The van der Waals surface area contributed by atoms with Crippen LogP contribution in [0.2, 0.25) is 0 Å². The molecule has 3 N–H and O–H groups in total. The van der Waals surface area contributed by atoms with E-state index in [1.54, 1.807) is 0 Å². The third-order valence-corrected chi connectivity index (χ3v) is 4.44. The predicted molar refractivity (Wildman–Crippen MR) is 71.5 cm³/mol. The van der Waals surface area contributed by atoms with Crippen molar-refractivity contribution in [3.05, 3.63) is 47.5 Å². The topological polar surface area (TPSA) is 72.2 Å². The molecule has 0 saturated heterocycles. The highest BCUT2D eigenvalue weighted by Gasteiger charge is 2.30. The van der Waals surface area contributed by atoms with E-state index < -0.39 is 15.4 Å². The van der Waals surface area contributed by atoms with E-state index in [2.05, 4.69) is 5.32 Å². The number of hydrogen-bond acceptors (Lipinski definition) is 3. The van der Waals surface area contributed by atoms with Gasteiger partial charge < -0.3 is 0 Å². The molecule has 0 fully saturated rings. The Balaban J connectivity index is 2.35. The minimum Gasteiger partial charge on any atom is -0.296 e. The van der Waals surface area contributed by atoms with Crippen LogP contribution in [0.15, 0.2) is 36.4 Å². The molecule has 1 heterocycles. The van der Waals surface area contributed by atoms with Crippen molar-refractivity contribution < 1.29 is 8.42 Å². The molecule has 18 heavy (non-hydrogen) atoms. The maximum atomic E-state index is 11.7. The molecule has 2 aromatic carbocycles. The highest BCUT2D eigenvalue weighted by Crippen LogP contribution is 2.32. The Labute approximate surface area is 106 Å². The van der Waals surface area contributed by atoms with Gasteiger partial charge in [-0.3, -0.25) is 5.32 Å². The molecular weight excluding hydrogens is 248 g/mol. The van der Waals surface area contributed by atoms with Gasteiger partial charge in [0.2, 0.25) is 10.0 Å². The minimum atomic E-state index is -3.64. The molecule has 94 valence electrons. The summed E-state index contributed by atoms with van der Waals surface area (Å²) in [5, 5.41) is 9.52. The molecule has 1 aliphatic heterocycles. The lowest BCUT2D eigenvalue weighted by atomic mass is 9.94. The first-order valence-corrected chi connectivity index (χ1v) is 7.44. The van der Waals surface area contributed by atoms with Gasteiger partial charge in [0, 0.05) is 6.54 Å². The second kappa shape index (κ2) is 4.05. The Morgan fingerprint density at radius 1 is 1.17 bits per heavy atom. The summed E-state index contributed by atoms with van der Waals surface area (Å²) in [5.74, 6) is 0. The lowest BCUT2D eigenvalue weighted by Gasteiger charge is -2.26. The zero-order valence-electron chi connectivity index (χ0n) is 9.76. The SMILES string of the molecule is NS(=O)(=O)C1NCCc2ccc3ccccc3c21. The van der Waals surface area contributed by atoms with Crippen LogP contribution in [0.25, 0.3) is 10.8 Å². The van der Waals surface area contributed by atoms with E-state index in [0.29, 0.717) is 6.54 Å². The molecule has 1 aliphatic rings. The van der Waals surface area contributed by atoms with Crippen LogP contribution < -0.4 is 10.5 Å². The average molecular weight is 262 g/mol. The van der Waals surface area contributed by atoms with Crippen LogP contribution in [-0.4, -0.2) is 15.0 Å². The van der Waals surface area contributed by atoms with Gasteiger partial charge in [0.25, 0.3) is 0 Å². The van der Waals surface area contributed by atoms with Gasteiger partial charge in [-0.1, -0.05) is 36.4 Å². The maximum absolute atomic E-state index is 11.7. The Morgan fingerprint density at radius 3 is 2.72 bits per heavy atom. The van der Waals surface area contributed by atoms with Crippen LogP contribution in [0, 0.1) is 0 Å². The Hall–Kier alpha value is -1.43. The molecule has 4 nitrogen and oxygen atoms in total. The molecule has 5 heteroatoms. The van der Waals surface area contributed by atoms with Crippen LogP contribution in [0.3, 0.4) is 0 Å². The fourth-order valence-electron chi connectivity index (χ4n) is 2.59. The first kappa shape index (κ1) is 11.6. The fraction of sp³-hybridized carbons (Fsp3) is 0.231. The normalized spacial score (nSPS) is 19.7. The number of primary sulfonamides is 1. The number of sulfonamides is 1. The second-order valence-electron chi connectivity index (χ2n) is 4.53. The second-order valence-corrected chi connectivity index (χ2v) is 6.18.